The summed E-state index contributed by atoms with van der Waals surface area (Å²) in [5, 5.41) is 28.6. The molecule has 0 bridgehead atoms. The van der Waals surface area contributed by atoms with E-state index in [1.165, 1.54) is 6.92 Å². The van der Waals surface area contributed by atoms with Gasteiger partial charge in [0.05, 0.1) is 0 Å². The minimum Gasteiger partial charge on any atom is -0.480 e. The number of aliphatic carboxylic acids is 2. The number of carboxylic acids is 2. The fourth-order valence-electron chi connectivity index (χ4n) is 2.22. The third-order valence-corrected chi connectivity index (χ3v) is 3.52. The molecule has 0 heterocycles. The maximum atomic E-state index is 10.8. The van der Waals surface area contributed by atoms with Gasteiger partial charge in [0.15, 0.2) is 6.10 Å². The van der Waals surface area contributed by atoms with Crippen molar-refractivity contribution < 1.29 is 29.7 Å². The van der Waals surface area contributed by atoms with Gasteiger partial charge in [-0.15, -0.1) is 0 Å². The zero-order chi connectivity index (χ0) is 20.2. The first-order valence-electron chi connectivity index (χ1n) is 8.28. The van der Waals surface area contributed by atoms with E-state index < -0.39 is 24.1 Å². The Balaban J connectivity index is 0.000000277. The van der Waals surface area contributed by atoms with Crippen LogP contribution in [0.15, 0.2) is 60.7 Å². The normalized spacial score (nSPS) is 12.1. The molecule has 4 N–H and O–H groups in total. The molecule has 0 aliphatic rings. The monoisotopic (exact) mass is 373 g/mol. The van der Waals surface area contributed by atoms with Crippen LogP contribution in [0.3, 0.4) is 0 Å². The number of aliphatic hydroxyl groups excluding tert-OH is 1. The lowest BCUT2D eigenvalue weighted by Gasteiger charge is -2.12. The molecule has 0 aliphatic heterocycles. The summed E-state index contributed by atoms with van der Waals surface area (Å²) >= 11 is 0. The topological polar surface area (TPSA) is 124 Å². The lowest BCUT2D eigenvalue weighted by atomic mass is 10.1. The first-order chi connectivity index (χ1) is 12.8. The number of amides is 1. The lowest BCUT2D eigenvalue weighted by molar-refractivity contribution is -0.146. The molecule has 0 saturated carbocycles. The van der Waals surface area contributed by atoms with E-state index >= 15 is 0 Å². The highest BCUT2D eigenvalue weighted by Gasteiger charge is 2.18. The molecule has 0 aromatic heterocycles. The van der Waals surface area contributed by atoms with Crippen LogP contribution >= 0.6 is 0 Å². The molecule has 0 radical (unpaired) electrons. The number of carboxylic acid groups (broad SMARTS) is 2. The highest BCUT2D eigenvalue weighted by atomic mass is 16.4. The summed E-state index contributed by atoms with van der Waals surface area (Å²) in [6.45, 7) is 1.31. The number of benzene rings is 2. The van der Waals surface area contributed by atoms with E-state index in [0.29, 0.717) is 6.42 Å². The van der Waals surface area contributed by atoms with Gasteiger partial charge in [-0.1, -0.05) is 60.7 Å². The number of carbonyl (C=O) groups excluding carboxylic acids is 1. The Morgan fingerprint density at radius 1 is 0.815 bits per heavy atom. The molecule has 2 atom stereocenters. The van der Waals surface area contributed by atoms with E-state index in [0.717, 1.165) is 11.1 Å². The zero-order valence-corrected chi connectivity index (χ0v) is 14.9. The Morgan fingerprint density at radius 2 is 1.26 bits per heavy atom. The molecule has 2 unspecified atom stereocenters. The smallest absolute Gasteiger partial charge is 0.332 e. The first-order valence-corrected chi connectivity index (χ1v) is 8.28. The van der Waals surface area contributed by atoms with Crippen molar-refractivity contribution in [2.75, 3.05) is 0 Å². The summed E-state index contributed by atoms with van der Waals surface area (Å²) in [4.78, 5) is 31.9. The van der Waals surface area contributed by atoms with Crippen LogP contribution in [0, 0.1) is 0 Å². The van der Waals surface area contributed by atoms with Crippen molar-refractivity contribution in [2.24, 2.45) is 0 Å². The van der Waals surface area contributed by atoms with Gasteiger partial charge >= 0.3 is 11.9 Å². The van der Waals surface area contributed by atoms with Crippen LogP contribution in [-0.4, -0.2) is 45.3 Å². The highest BCUT2D eigenvalue weighted by molar-refractivity contribution is 5.82. The maximum absolute atomic E-state index is 10.8. The predicted octanol–water partition coefficient (Wildman–Crippen LogP) is 1.49. The van der Waals surface area contributed by atoms with Gasteiger partial charge in [-0.25, -0.2) is 9.59 Å². The third kappa shape index (κ3) is 9.18. The summed E-state index contributed by atoms with van der Waals surface area (Å²) in [6.07, 6.45) is -0.834. The number of hydrogen-bond acceptors (Lipinski definition) is 4. The molecular weight excluding hydrogens is 350 g/mol. The fourth-order valence-corrected chi connectivity index (χ4v) is 2.22. The van der Waals surface area contributed by atoms with Gasteiger partial charge in [-0.3, -0.25) is 4.79 Å². The van der Waals surface area contributed by atoms with Crippen LogP contribution in [0.5, 0.6) is 0 Å². The van der Waals surface area contributed by atoms with Crippen LogP contribution < -0.4 is 5.32 Å². The van der Waals surface area contributed by atoms with E-state index in [1.54, 1.807) is 12.1 Å². The maximum Gasteiger partial charge on any atom is 0.332 e. The Kier molecular flexibility index (Phi) is 9.25. The molecule has 7 heteroatoms. The van der Waals surface area contributed by atoms with E-state index in [-0.39, 0.29) is 12.3 Å². The molecule has 144 valence electrons. The van der Waals surface area contributed by atoms with Crippen molar-refractivity contribution >= 4 is 17.8 Å². The van der Waals surface area contributed by atoms with Gasteiger partial charge < -0.3 is 20.6 Å². The Labute approximate surface area is 157 Å². The van der Waals surface area contributed by atoms with Crippen LogP contribution in [0.1, 0.15) is 18.1 Å². The molecule has 0 saturated heterocycles. The average Bonchev–Trinajstić information content (AvgIpc) is 2.63. The molecule has 0 fully saturated rings. The molecule has 1 amide bonds. The Bertz CT molecular complexity index is 733. The van der Waals surface area contributed by atoms with E-state index in [9.17, 15) is 14.4 Å². The number of carbonyl (C=O) groups is 3. The Morgan fingerprint density at radius 3 is 1.63 bits per heavy atom. The number of nitrogens with one attached hydrogen (secondary N) is 1. The quantitative estimate of drug-likeness (QED) is 0.583. The number of hydrogen-bond donors (Lipinski definition) is 4. The minimum absolute atomic E-state index is 0.163. The van der Waals surface area contributed by atoms with E-state index in [2.05, 4.69) is 5.32 Å². The van der Waals surface area contributed by atoms with Gasteiger partial charge in [-0.05, 0) is 11.1 Å². The summed E-state index contributed by atoms with van der Waals surface area (Å²) < 4.78 is 0. The second-order valence-electron chi connectivity index (χ2n) is 5.82. The second kappa shape index (κ2) is 11.4. The van der Waals surface area contributed by atoms with E-state index in [1.807, 2.05) is 48.5 Å². The molecule has 2 rings (SSSR count). The van der Waals surface area contributed by atoms with Crippen molar-refractivity contribution in [3.05, 3.63) is 71.8 Å². The number of rotatable bonds is 7. The summed E-state index contributed by atoms with van der Waals surface area (Å²) in [5.41, 5.74) is 1.71. The van der Waals surface area contributed by atoms with Crippen molar-refractivity contribution in [3.8, 4) is 0 Å². The van der Waals surface area contributed by atoms with Crippen molar-refractivity contribution in [2.45, 2.75) is 31.9 Å². The van der Waals surface area contributed by atoms with Crippen LogP contribution in [-0.2, 0) is 27.2 Å². The summed E-state index contributed by atoms with van der Waals surface area (Å²) in [7, 11) is 0. The van der Waals surface area contributed by atoms with Gasteiger partial charge in [0.2, 0.25) is 5.91 Å². The summed E-state index contributed by atoms with van der Waals surface area (Å²) in [6, 6.07) is 17.4. The third-order valence-electron chi connectivity index (χ3n) is 3.52. The van der Waals surface area contributed by atoms with Crippen LogP contribution in [0.4, 0.5) is 0 Å². The number of aliphatic hydroxyl groups is 1. The SMILES string of the molecule is CC(=O)NC(Cc1ccccc1)C(=O)O.O=C(O)C(O)Cc1ccccc1. The minimum atomic E-state index is -1.30. The van der Waals surface area contributed by atoms with E-state index in [4.69, 9.17) is 15.3 Å². The second-order valence-corrected chi connectivity index (χ2v) is 5.82. The molecule has 27 heavy (non-hydrogen) atoms. The lowest BCUT2D eigenvalue weighted by Crippen LogP contribution is -2.41. The standard InChI is InChI=1S/C11H13NO3.C9H10O3/c1-8(13)12-10(11(14)15)7-9-5-3-2-4-6-9;10-8(9(11)12)6-7-4-2-1-3-5-7/h2-6,10H,7H2,1H3,(H,12,13)(H,14,15);1-5,8,10H,6H2,(H,11,12). The molecule has 0 spiro atoms. The zero-order valence-electron chi connectivity index (χ0n) is 14.9. The van der Waals surface area contributed by atoms with Gasteiger partial charge in [-0.2, -0.15) is 0 Å². The van der Waals surface area contributed by atoms with Crippen LogP contribution in [0.25, 0.3) is 0 Å². The molecule has 0 aliphatic carbocycles. The highest BCUT2D eigenvalue weighted by Crippen LogP contribution is 2.04. The van der Waals surface area contributed by atoms with Crippen molar-refractivity contribution in [1.82, 2.24) is 5.32 Å². The molecule has 2 aromatic rings. The van der Waals surface area contributed by atoms with Crippen LogP contribution in [0.2, 0.25) is 0 Å². The largest absolute Gasteiger partial charge is 0.480 e. The Hall–Kier alpha value is -3.19. The van der Waals surface area contributed by atoms with Gasteiger partial charge in [0.1, 0.15) is 6.04 Å². The molecule has 2 aromatic carbocycles. The first kappa shape index (κ1) is 21.9. The fraction of sp³-hybridized carbons (Fsp3) is 0.250. The van der Waals surface area contributed by atoms with Gasteiger partial charge in [0, 0.05) is 19.8 Å². The summed E-state index contributed by atoms with van der Waals surface area (Å²) in [5.74, 6) is -2.54. The molecular formula is C20H23NO6. The molecule has 7 nitrogen and oxygen atoms in total. The van der Waals surface area contributed by atoms with Crippen molar-refractivity contribution in [1.29, 1.82) is 0 Å². The predicted molar refractivity (Wildman–Crippen MR) is 99.2 cm³/mol. The average molecular weight is 373 g/mol. The van der Waals surface area contributed by atoms with Gasteiger partial charge in [0.25, 0.3) is 0 Å². The van der Waals surface area contributed by atoms with Crippen molar-refractivity contribution in [3.63, 3.8) is 0 Å².